The lowest BCUT2D eigenvalue weighted by Gasteiger charge is -2.20. The van der Waals surface area contributed by atoms with Gasteiger partial charge >= 0.3 is 0 Å². The fourth-order valence-electron chi connectivity index (χ4n) is 4.22. The van der Waals surface area contributed by atoms with Crippen molar-refractivity contribution in [2.45, 2.75) is 13.0 Å². The average Bonchev–Trinajstić information content (AvgIpc) is 3.61. The molecular formula is C26H28N4O3S. The Hall–Kier alpha value is -3.33. The number of hydrazine groups is 1. The van der Waals surface area contributed by atoms with E-state index < -0.39 is 0 Å². The number of aromatic nitrogens is 1. The quantitative estimate of drug-likeness (QED) is 0.225. The van der Waals surface area contributed by atoms with Crippen LogP contribution in [-0.2, 0) is 13.7 Å². The lowest BCUT2D eigenvalue weighted by molar-refractivity contribution is 0.0979. The second-order valence-electron chi connectivity index (χ2n) is 8.49. The number of fused-ring (bicyclic) bond motifs is 1. The summed E-state index contributed by atoms with van der Waals surface area (Å²) in [5.41, 5.74) is 3.00. The Bertz CT molecular complexity index is 1270. The van der Waals surface area contributed by atoms with E-state index in [2.05, 4.69) is 5.32 Å². The maximum Gasteiger partial charge on any atom is 0.289 e. The molecule has 1 atom stereocenters. The Kier molecular flexibility index (Phi) is 6.53. The molecule has 1 aliphatic rings. The van der Waals surface area contributed by atoms with E-state index in [4.69, 9.17) is 15.3 Å². The Balaban J connectivity index is 1.24. The molecule has 0 unspecified atom stereocenters. The first-order chi connectivity index (χ1) is 16.6. The summed E-state index contributed by atoms with van der Waals surface area (Å²) in [7, 11) is 1.88. The van der Waals surface area contributed by atoms with Crippen molar-refractivity contribution in [2.24, 2.45) is 18.8 Å². The van der Waals surface area contributed by atoms with E-state index in [1.54, 1.807) is 11.3 Å². The van der Waals surface area contributed by atoms with Crippen molar-refractivity contribution in [2.75, 3.05) is 24.7 Å². The Morgan fingerprint density at radius 1 is 1.15 bits per heavy atom. The summed E-state index contributed by atoms with van der Waals surface area (Å²) in [6.45, 7) is 3.09. The number of amides is 1. The van der Waals surface area contributed by atoms with Crippen LogP contribution in [0.3, 0.4) is 0 Å². The molecule has 1 aliphatic heterocycles. The fourth-order valence-corrected chi connectivity index (χ4v) is 5.07. The minimum Gasteiger partial charge on any atom is -0.493 e. The zero-order valence-corrected chi connectivity index (χ0v) is 19.9. The molecule has 34 heavy (non-hydrogen) atoms. The van der Waals surface area contributed by atoms with Gasteiger partial charge in [0.1, 0.15) is 23.8 Å². The predicted octanol–water partition coefficient (Wildman–Crippen LogP) is 4.33. The van der Waals surface area contributed by atoms with Gasteiger partial charge in [-0.2, -0.15) is 0 Å². The summed E-state index contributed by atoms with van der Waals surface area (Å²) >= 11 is 1.60. The molecule has 1 fully saturated rings. The molecule has 8 heteroatoms. The van der Waals surface area contributed by atoms with Crippen LogP contribution in [0, 0.1) is 5.92 Å². The van der Waals surface area contributed by atoms with Crippen molar-refractivity contribution >= 4 is 33.1 Å². The Morgan fingerprint density at radius 3 is 2.65 bits per heavy atom. The summed E-state index contributed by atoms with van der Waals surface area (Å²) < 4.78 is 14.8. The van der Waals surface area contributed by atoms with Gasteiger partial charge in [-0.3, -0.25) is 4.79 Å². The molecule has 0 aliphatic carbocycles. The first kappa shape index (κ1) is 22.5. The number of benzene rings is 2. The van der Waals surface area contributed by atoms with E-state index >= 15 is 0 Å². The fraction of sp³-hybridized carbons (Fsp3) is 0.269. The monoisotopic (exact) mass is 476 g/mol. The second-order valence-corrected chi connectivity index (χ2v) is 9.44. The van der Waals surface area contributed by atoms with Crippen LogP contribution in [0.1, 0.15) is 22.5 Å². The predicted molar refractivity (Wildman–Crippen MR) is 135 cm³/mol. The van der Waals surface area contributed by atoms with Crippen LogP contribution in [0.15, 0.2) is 66.0 Å². The van der Waals surface area contributed by atoms with E-state index in [0.29, 0.717) is 17.3 Å². The number of carbonyl (C=O) groups excluding carboxylic acids is 1. The van der Waals surface area contributed by atoms with Gasteiger partial charge < -0.3 is 19.4 Å². The lowest BCUT2D eigenvalue weighted by Crippen LogP contribution is -2.39. The number of hydrogen-bond donors (Lipinski definition) is 2. The second kappa shape index (κ2) is 9.89. The first-order valence-corrected chi connectivity index (χ1v) is 12.2. The number of para-hydroxylation sites is 1. The SMILES string of the molecule is Cn1c(C(=O)N(N)c2ccccc2COc2ccc(OC[C@H]3CCNC3)cc2)cc2sccc21. The molecule has 4 aromatic rings. The number of thiophene rings is 1. The van der Waals surface area contributed by atoms with Crippen molar-refractivity contribution in [1.29, 1.82) is 0 Å². The molecule has 0 spiro atoms. The standard InChI is InChI=1S/C26H28N4O3S/c1-29-23-11-13-34-25(23)14-24(29)26(31)30(27)22-5-3-2-4-19(22)17-33-21-8-6-20(7-9-21)32-16-18-10-12-28-15-18/h2-9,11,13-14,18,28H,10,12,15-17,27H2,1H3/t18-/m0/s1. The summed E-state index contributed by atoms with van der Waals surface area (Å²) in [5, 5.41) is 6.56. The average molecular weight is 477 g/mol. The molecule has 1 amide bonds. The van der Waals surface area contributed by atoms with Gasteiger partial charge in [0.15, 0.2) is 0 Å². The highest BCUT2D eigenvalue weighted by Crippen LogP contribution is 2.27. The highest BCUT2D eigenvalue weighted by atomic mass is 32.1. The normalized spacial score (nSPS) is 15.5. The van der Waals surface area contributed by atoms with Gasteiger partial charge in [-0.25, -0.2) is 10.9 Å². The zero-order chi connectivity index (χ0) is 23.5. The van der Waals surface area contributed by atoms with Gasteiger partial charge in [0.2, 0.25) is 0 Å². The van der Waals surface area contributed by atoms with E-state index in [9.17, 15) is 4.79 Å². The van der Waals surface area contributed by atoms with Crippen LogP contribution in [0.25, 0.3) is 10.2 Å². The zero-order valence-electron chi connectivity index (χ0n) is 19.1. The van der Waals surface area contributed by atoms with Crippen molar-refractivity contribution in [1.82, 2.24) is 9.88 Å². The molecule has 2 aromatic carbocycles. The summed E-state index contributed by atoms with van der Waals surface area (Å²) in [6.07, 6.45) is 1.16. The third-order valence-electron chi connectivity index (χ3n) is 6.22. The van der Waals surface area contributed by atoms with Crippen molar-refractivity contribution in [3.05, 3.63) is 77.3 Å². The maximum atomic E-state index is 13.2. The third-order valence-corrected chi connectivity index (χ3v) is 7.07. The van der Waals surface area contributed by atoms with Crippen LogP contribution in [0.4, 0.5) is 5.69 Å². The van der Waals surface area contributed by atoms with E-state index in [-0.39, 0.29) is 12.5 Å². The molecule has 176 valence electrons. The highest BCUT2D eigenvalue weighted by Gasteiger charge is 2.21. The topological polar surface area (TPSA) is 81.8 Å². The van der Waals surface area contributed by atoms with Crippen molar-refractivity contribution in [3.8, 4) is 11.5 Å². The van der Waals surface area contributed by atoms with Crippen LogP contribution >= 0.6 is 11.3 Å². The van der Waals surface area contributed by atoms with Crippen LogP contribution < -0.4 is 25.6 Å². The number of anilines is 1. The molecule has 5 rings (SSSR count). The van der Waals surface area contributed by atoms with Gasteiger partial charge in [0, 0.05) is 25.1 Å². The third kappa shape index (κ3) is 4.65. The van der Waals surface area contributed by atoms with Crippen molar-refractivity contribution in [3.63, 3.8) is 0 Å². The minimum absolute atomic E-state index is 0.266. The van der Waals surface area contributed by atoms with Gasteiger partial charge in [-0.05, 0) is 60.8 Å². The number of nitrogens with zero attached hydrogens (tertiary/aromatic N) is 2. The summed E-state index contributed by atoms with van der Waals surface area (Å²) in [5.74, 6) is 8.16. The van der Waals surface area contributed by atoms with Gasteiger partial charge in [-0.15, -0.1) is 11.3 Å². The molecule has 0 saturated carbocycles. The number of nitrogens with two attached hydrogens (primary N) is 1. The number of aryl methyl sites for hydroxylation is 1. The van der Waals surface area contributed by atoms with Crippen LogP contribution in [-0.4, -0.2) is 30.2 Å². The largest absolute Gasteiger partial charge is 0.493 e. The van der Waals surface area contributed by atoms with E-state index in [1.165, 1.54) is 5.01 Å². The number of hydrogen-bond acceptors (Lipinski definition) is 6. The first-order valence-electron chi connectivity index (χ1n) is 11.4. The number of nitrogens with one attached hydrogen (secondary N) is 1. The Morgan fingerprint density at radius 2 is 1.91 bits per heavy atom. The molecule has 2 aromatic heterocycles. The minimum atomic E-state index is -0.266. The number of rotatable bonds is 8. The molecule has 0 bridgehead atoms. The van der Waals surface area contributed by atoms with Crippen molar-refractivity contribution < 1.29 is 14.3 Å². The van der Waals surface area contributed by atoms with Gasteiger partial charge in [-0.1, -0.05) is 18.2 Å². The van der Waals surface area contributed by atoms with Crippen LogP contribution in [0.2, 0.25) is 0 Å². The molecular weight excluding hydrogens is 448 g/mol. The molecule has 7 nitrogen and oxygen atoms in total. The van der Waals surface area contributed by atoms with Crippen LogP contribution in [0.5, 0.6) is 11.5 Å². The van der Waals surface area contributed by atoms with E-state index in [1.807, 2.05) is 77.7 Å². The maximum absolute atomic E-state index is 13.2. The van der Waals surface area contributed by atoms with Gasteiger partial charge in [0.25, 0.3) is 5.91 Å². The number of ether oxygens (including phenoxy) is 2. The molecule has 0 radical (unpaired) electrons. The smallest absolute Gasteiger partial charge is 0.289 e. The Labute approximate surface area is 202 Å². The summed E-state index contributed by atoms with van der Waals surface area (Å²) in [6, 6.07) is 19.0. The molecule has 3 heterocycles. The lowest BCUT2D eigenvalue weighted by atomic mass is 10.1. The number of carbonyl (C=O) groups is 1. The highest BCUT2D eigenvalue weighted by molar-refractivity contribution is 7.17. The van der Waals surface area contributed by atoms with Gasteiger partial charge in [0.05, 0.1) is 22.5 Å². The molecule has 1 saturated heterocycles. The molecule has 3 N–H and O–H groups in total. The van der Waals surface area contributed by atoms with E-state index in [0.717, 1.165) is 53.4 Å². The summed E-state index contributed by atoms with van der Waals surface area (Å²) in [4.78, 5) is 13.2.